The fourth-order valence-electron chi connectivity index (χ4n) is 2.73. The number of pyridine rings is 1. The maximum atomic E-state index is 13.3. The van der Waals surface area contributed by atoms with Crippen molar-refractivity contribution in [3.8, 4) is 0 Å². The third-order valence-corrected chi connectivity index (χ3v) is 4.14. The van der Waals surface area contributed by atoms with E-state index in [1.54, 1.807) is 12.4 Å². The second kappa shape index (κ2) is 6.07. The quantitative estimate of drug-likeness (QED) is 0.742. The molecule has 0 fully saturated rings. The Kier molecular flexibility index (Phi) is 4.09. The van der Waals surface area contributed by atoms with Gasteiger partial charge in [-0.05, 0) is 32.9 Å². The molecule has 0 aliphatic carbocycles. The first-order chi connectivity index (χ1) is 11.4. The molecule has 3 aromatic rings. The third kappa shape index (κ3) is 3.02. The number of hydrogen-bond donors (Lipinski definition) is 0. The highest BCUT2D eigenvalue weighted by Gasteiger charge is 2.29. The van der Waals surface area contributed by atoms with Gasteiger partial charge in [0.25, 0.3) is 5.91 Å². The lowest BCUT2D eigenvalue weighted by Crippen LogP contribution is -2.45. The van der Waals surface area contributed by atoms with E-state index in [2.05, 4.69) is 9.97 Å². The number of imidazole rings is 1. The van der Waals surface area contributed by atoms with Crippen molar-refractivity contribution in [3.05, 3.63) is 60.3 Å². The Morgan fingerprint density at radius 3 is 2.54 bits per heavy atom. The number of benzene rings is 1. The molecule has 0 saturated carbocycles. The Morgan fingerprint density at radius 2 is 1.88 bits per heavy atom. The molecule has 0 saturated heterocycles. The van der Waals surface area contributed by atoms with Crippen LogP contribution < -0.4 is 0 Å². The predicted molar refractivity (Wildman–Crippen MR) is 94.6 cm³/mol. The van der Waals surface area contributed by atoms with Crippen LogP contribution in [0.2, 0.25) is 0 Å². The maximum Gasteiger partial charge on any atom is 0.256 e. The Hall–Kier alpha value is -2.69. The standard InChI is InChI=1S/C19H22N4O/c1-19(2,3)23(13-16-20-11-12-22(16)4)18(24)15-9-5-7-14-8-6-10-21-17(14)15/h5-12H,13H2,1-4H3. The summed E-state index contributed by atoms with van der Waals surface area (Å²) in [5, 5.41) is 0.967. The van der Waals surface area contributed by atoms with Crippen molar-refractivity contribution in [2.24, 2.45) is 7.05 Å². The molecular formula is C19H22N4O. The van der Waals surface area contributed by atoms with Crippen LogP contribution >= 0.6 is 0 Å². The maximum absolute atomic E-state index is 13.3. The first kappa shape index (κ1) is 16.2. The minimum atomic E-state index is -0.333. The van der Waals surface area contributed by atoms with Crippen LogP contribution in [0.5, 0.6) is 0 Å². The van der Waals surface area contributed by atoms with Gasteiger partial charge in [-0.15, -0.1) is 0 Å². The molecule has 0 unspecified atom stereocenters. The van der Waals surface area contributed by atoms with E-state index in [1.807, 2.05) is 73.8 Å². The van der Waals surface area contributed by atoms with Crippen LogP contribution in [0.25, 0.3) is 10.9 Å². The molecule has 2 heterocycles. The van der Waals surface area contributed by atoms with E-state index in [9.17, 15) is 4.79 Å². The van der Waals surface area contributed by atoms with Crippen molar-refractivity contribution in [2.75, 3.05) is 0 Å². The van der Waals surface area contributed by atoms with Gasteiger partial charge in [-0.1, -0.05) is 18.2 Å². The Morgan fingerprint density at radius 1 is 1.12 bits per heavy atom. The molecule has 0 bridgehead atoms. The van der Waals surface area contributed by atoms with Gasteiger partial charge in [0.1, 0.15) is 5.82 Å². The fourth-order valence-corrected chi connectivity index (χ4v) is 2.73. The summed E-state index contributed by atoms with van der Waals surface area (Å²) in [7, 11) is 1.94. The zero-order valence-electron chi connectivity index (χ0n) is 14.5. The van der Waals surface area contributed by atoms with Crippen LogP contribution in [-0.4, -0.2) is 30.9 Å². The second-order valence-electron chi connectivity index (χ2n) is 6.90. The first-order valence-corrected chi connectivity index (χ1v) is 8.00. The normalized spacial score (nSPS) is 11.7. The highest BCUT2D eigenvalue weighted by Crippen LogP contribution is 2.24. The van der Waals surface area contributed by atoms with Gasteiger partial charge in [-0.2, -0.15) is 0 Å². The highest BCUT2D eigenvalue weighted by molar-refractivity contribution is 6.05. The predicted octanol–water partition coefficient (Wildman–Crippen LogP) is 3.41. The molecule has 3 rings (SSSR count). The molecule has 24 heavy (non-hydrogen) atoms. The fraction of sp³-hybridized carbons (Fsp3) is 0.316. The summed E-state index contributed by atoms with van der Waals surface area (Å²) in [4.78, 5) is 23.9. The summed E-state index contributed by atoms with van der Waals surface area (Å²) in [6.45, 7) is 6.56. The number of para-hydroxylation sites is 1. The molecule has 124 valence electrons. The van der Waals surface area contributed by atoms with Crippen LogP contribution in [0.3, 0.4) is 0 Å². The van der Waals surface area contributed by atoms with Crippen molar-refractivity contribution >= 4 is 16.8 Å². The van der Waals surface area contributed by atoms with Crippen molar-refractivity contribution < 1.29 is 4.79 Å². The average molecular weight is 322 g/mol. The van der Waals surface area contributed by atoms with E-state index in [0.717, 1.165) is 16.7 Å². The Labute approximate surface area is 142 Å². The molecule has 0 aliphatic heterocycles. The lowest BCUT2D eigenvalue weighted by molar-refractivity contribution is 0.0551. The van der Waals surface area contributed by atoms with Gasteiger partial charge in [0, 0.05) is 36.6 Å². The smallest absolute Gasteiger partial charge is 0.256 e. The van der Waals surface area contributed by atoms with E-state index in [0.29, 0.717) is 12.1 Å². The van der Waals surface area contributed by atoms with E-state index >= 15 is 0 Å². The summed E-state index contributed by atoms with van der Waals surface area (Å²) < 4.78 is 1.94. The molecule has 0 spiro atoms. The van der Waals surface area contributed by atoms with Crippen molar-refractivity contribution in [3.63, 3.8) is 0 Å². The zero-order chi connectivity index (χ0) is 17.3. The number of hydrogen-bond acceptors (Lipinski definition) is 3. The van der Waals surface area contributed by atoms with Gasteiger partial charge in [0.2, 0.25) is 0 Å². The van der Waals surface area contributed by atoms with Gasteiger partial charge >= 0.3 is 0 Å². The first-order valence-electron chi connectivity index (χ1n) is 8.00. The SMILES string of the molecule is Cn1ccnc1CN(C(=O)c1cccc2cccnc12)C(C)(C)C. The largest absolute Gasteiger partial charge is 0.337 e. The Bertz CT molecular complexity index is 871. The van der Waals surface area contributed by atoms with Crippen molar-refractivity contribution in [1.29, 1.82) is 0 Å². The number of aryl methyl sites for hydroxylation is 1. The number of nitrogens with zero attached hydrogens (tertiary/aromatic N) is 4. The average Bonchev–Trinajstić information content (AvgIpc) is 2.95. The third-order valence-electron chi connectivity index (χ3n) is 4.14. The minimum Gasteiger partial charge on any atom is -0.337 e. The van der Waals surface area contributed by atoms with Gasteiger partial charge in [-0.3, -0.25) is 9.78 Å². The monoisotopic (exact) mass is 322 g/mol. The molecule has 1 amide bonds. The minimum absolute atomic E-state index is 0.0326. The molecule has 0 N–H and O–H groups in total. The second-order valence-corrected chi connectivity index (χ2v) is 6.90. The lowest BCUT2D eigenvalue weighted by Gasteiger charge is -2.35. The van der Waals surface area contributed by atoms with Crippen molar-refractivity contribution in [1.82, 2.24) is 19.4 Å². The number of amides is 1. The van der Waals surface area contributed by atoms with Gasteiger partial charge < -0.3 is 9.47 Å². The van der Waals surface area contributed by atoms with E-state index < -0.39 is 0 Å². The molecule has 0 atom stereocenters. The van der Waals surface area contributed by atoms with Crippen molar-refractivity contribution in [2.45, 2.75) is 32.9 Å². The highest BCUT2D eigenvalue weighted by atomic mass is 16.2. The van der Waals surface area contributed by atoms with Gasteiger partial charge in [0.15, 0.2) is 0 Å². The summed E-state index contributed by atoms with van der Waals surface area (Å²) in [6, 6.07) is 9.57. The Balaban J connectivity index is 2.04. The van der Waals surface area contributed by atoms with E-state index in [-0.39, 0.29) is 11.4 Å². The number of fused-ring (bicyclic) bond motifs is 1. The molecular weight excluding hydrogens is 300 g/mol. The van der Waals surface area contributed by atoms with Crippen LogP contribution in [-0.2, 0) is 13.6 Å². The summed E-state index contributed by atoms with van der Waals surface area (Å²) in [5.41, 5.74) is 1.02. The molecule has 0 radical (unpaired) electrons. The molecule has 0 aliphatic rings. The summed E-state index contributed by atoms with van der Waals surface area (Å²) in [5.74, 6) is 0.821. The summed E-state index contributed by atoms with van der Waals surface area (Å²) in [6.07, 6.45) is 5.36. The van der Waals surface area contributed by atoms with Gasteiger partial charge in [0.05, 0.1) is 17.6 Å². The zero-order valence-corrected chi connectivity index (χ0v) is 14.5. The number of carbonyl (C=O) groups excluding carboxylic acids is 1. The topological polar surface area (TPSA) is 51.0 Å². The lowest BCUT2D eigenvalue weighted by atomic mass is 10.0. The van der Waals surface area contributed by atoms with Crippen LogP contribution in [0, 0.1) is 0 Å². The van der Waals surface area contributed by atoms with Gasteiger partial charge in [-0.25, -0.2) is 4.98 Å². The van der Waals surface area contributed by atoms with Crippen LogP contribution in [0.4, 0.5) is 0 Å². The number of aromatic nitrogens is 3. The number of carbonyl (C=O) groups is 1. The molecule has 5 heteroatoms. The molecule has 5 nitrogen and oxygen atoms in total. The molecule has 2 aromatic heterocycles. The van der Waals surface area contributed by atoms with E-state index in [4.69, 9.17) is 0 Å². The van der Waals surface area contributed by atoms with E-state index in [1.165, 1.54) is 0 Å². The van der Waals surface area contributed by atoms with Crippen LogP contribution in [0.15, 0.2) is 48.9 Å². The molecule has 1 aromatic carbocycles. The number of rotatable bonds is 3. The summed E-state index contributed by atoms with van der Waals surface area (Å²) >= 11 is 0. The van der Waals surface area contributed by atoms with Crippen LogP contribution in [0.1, 0.15) is 37.0 Å².